The van der Waals surface area contributed by atoms with Crippen LogP contribution in [0.2, 0.25) is 0 Å². The third-order valence-corrected chi connectivity index (χ3v) is 10.6. The van der Waals surface area contributed by atoms with Crippen molar-refractivity contribution in [1.82, 2.24) is 9.13 Å². The molecule has 250 valence electrons. The highest BCUT2D eigenvalue weighted by Crippen LogP contribution is 2.44. The predicted molar refractivity (Wildman–Crippen MR) is 221 cm³/mol. The fourth-order valence-corrected chi connectivity index (χ4v) is 8.26. The first-order valence-electron chi connectivity index (χ1n) is 18.0. The summed E-state index contributed by atoms with van der Waals surface area (Å²) in [5.41, 5.74) is 14.4. The minimum absolute atomic E-state index is 0.597. The second kappa shape index (κ2) is 12.5. The van der Waals surface area contributed by atoms with E-state index in [2.05, 4.69) is 161 Å². The van der Waals surface area contributed by atoms with Crippen LogP contribution in [0.3, 0.4) is 0 Å². The van der Waals surface area contributed by atoms with Gasteiger partial charge in [0.25, 0.3) is 0 Å². The molecule has 0 aliphatic heterocycles. The van der Waals surface area contributed by atoms with Gasteiger partial charge in [0.1, 0.15) is 0 Å². The van der Waals surface area contributed by atoms with Crippen molar-refractivity contribution in [2.45, 2.75) is 0 Å². The van der Waals surface area contributed by atoms with Gasteiger partial charge in [-0.2, -0.15) is 10.5 Å². The van der Waals surface area contributed by atoms with E-state index in [9.17, 15) is 10.5 Å². The molecule has 4 nitrogen and oxygen atoms in total. The average molecular weight is 687 g/mol. The van der Waals surface area contributed by atoms with E-state index in [-0.39, 0.29) is 0 Å². The topological polar surface area (TPSA) is 57.4 Å². The molecule has 0 amide bonds. The van der Waals surface area contributed by atoms with E-state index in [1.165, 1.54) is 27.4 Å². The molecule has 0 unspecified atom stereocenters. The van der Waals surface area contributed by atoms with Crippen molar-refractivity contribution in [2.24, 2.45) is 0 Å². The number of aromatic nitrogens is 2. The Labute approximate surface area is 312 Å². The third-order valence-electron chi connectivity index (χ3n) is 10.6. The quantitative estimate of drug-likeness (QED) is 0.181. The molecule has 8 aromatic carbocycles. The SMILES string of the molecule is N#Cc1cccc(-n2c3ccc(C#N)cc3c3cc(-c4ccccc4-c4ccccc4-c4cccc5c6ccccc6n(-c6ccccc6)c45)ccc32)c1. The van der Waals surface area contributed by atoms with Gasteiger partial charge in [0.05, 0.1) is 45.3 Å². The molecule has 2 heterocycles. The summed E-state index contributed by atoms with van der Waals surface area (Å²) in [5, 5.41) is 24.0. The van der Waals surface area contributed by atoms with Gasteiger partial charge in [-0.3, -0.25) is 0 Å². The summed E-state index contributed by atoms with van der Waals surface area (Å²) in [6, 6.07) is 68.0. The Kier molecular flexibility index (Phi) is 7.22. The second-order valence-corrected chi connectivity index (χ2v) is 13.6. The number of nitrogens with zero attached hydrogens (tertiary/aromatic N) is 4. The Bertz CT molecular complexity index is 3190. The minimum Gasteiger partial charge on any atom is -0.309 e. The van der Waals surface area contributed by atoms with Crippen LogP contribution in [0.5, 0.6) is 0 Å². The Morgan fingerprint density at radius 2 is 0.870 bits per heavy atom. The van der Waals surface area contributed by atoms with Gasteiger partial charge in [-0.1, -0.05) is 115 Å². The highest BCUT2D eigenvalue weighted by molar-refractivity contribution is 6.15. The van der Waals surface area contributed by atoms with Crippen LogP contribution in [0.15, 0.2) is 182 Å². The van der Waals surface area contributed by atoms with Gasteiger partial charge in [0, 0.05) is 38.5 Å². The number of para-hydroxylation sites is 3. The van der Waals surface area contributed by atoms with Crippen LogP contribution in [-0.4, -0.2) is 9.13 Å². The Balaban J connectivity index is 1.20. The van der Waals surface area contributed by atoms with Gasteiger partial charge < -0.3 is 9.13 Å². The average Bonchev–Trinajstić information content (AvgIpc) is 3.76. The molecule has 54 heavy (non-hydrogen) atoms. The summed E-state index contributed by atoms with van der Waals surface area (Å²) in [7, 11) is 0. The molecule has 0 fully saturated rings. The predicted octanol–water partition coefficient (Wildman–Crippen LogP) is 12.6. The number of fused-ring (bicyclic) bond motifs is 6. The summed E-state index contributed by atoms with van der Waals surface area (Å²) in [5.74, 6) is 0. The van der Waals surface area contributed by atoms with Crippen molar-refractivity contribution in [3.63, 3.8) is 0 Å². The molecular formula is C50H30N4. The standard InChI is InChI=1S/C50H30N4/c51-31-33-12-10-15-37(28-33)53-48-26-24-34(32-52)29-45(48)46-30-35(25-27-49(46)53)38-16-4-5-17-39(38)40-18-6-7-19-41(40)43-21-11-22-44-42-20-8-9-23-47(42)54(50(43)44)36-13-2-1-3-14-36/h1-30H. The monoisotopic (exact) mass is 686 g/mol. The molecule has 0 saturated carbocycles. The van der Waals surface area contributed by atoms with Crippen LogP contribution >= 0.6 is 0 Å². The van der Waals surface area contributed by atoms with E-state index >= 15 is 0 Å². The number of nitriles is 2. The minimum atomic E-state index is 0.597. The lowest BCUT2D eigenvalue weighted by Gasteiger charge is -2.17. The molecule has 0 spiro atoms. The molecule has 4 heteroatoms. The van der Waals surface area contributed by atoms with Gasteiger partial charge >= 0.3 is 0 Å². The van der Waals surface area contributed by atoms with Crippen molar-refractivity contribution in [2.75, 3.05) is 0 Å². The molecule has 0 atom stereocenters. The second-order valence-electron chi connectivity index (χ2n) is 13.6. The van der Waals surface area contributed by atoms with Gasteiger partial charge in [-0.15, -0.1) is 0 Å². The van der Waals surface area contributed by atoms with E-state index < -0.39 is 0 Å². The third kappa shape index (κ3) is 4.83. The zero-order valence-electron chi connectivity index (χ0n) is 29.1. The molecule has 0 saturated heterocycles. The smallest absolute Gasteiger partial charge is 0.0992 e. The summed E-state index contributed by atoms with van der Waals surface area (Å²) < 4.78 is 4.58. The zero-order chi connectivity index (χ0) is 36.2. The molecule has 0 radical (unpaired) electrons. The summed E-state index contributed by atoms with van der Waals surface area (Å²) >= 11 is 0. The van der Waals surface area contributed by atoms with Gasteiger partial charge in [0.15, 0.2) is 0 Å². The molecule has 0 aliphatic carbocycles. The Hall–Kier alpha value is -7.66. The van der Waals surface area contributed by atoms with Crippen molar-refractivity contribution >= 4 is 43.6 Å². The van der Waals surface area contributed by atoms with Crippen molar-refractivity contribution in [3.8, 4) is 56.9 Å². The fourth-order valence-electron chi connectivity index (χ4n) is 8.26. The van der Waals surface area contributed by atoms with Crippen LogP contribution in [0.25, 0.3) is 88.4 Å². The van der Waals surface area contributed by atoms with Crippen molar-refractivity contribution < 1.29 is 0 Å². The number of rotatable bonds is 5. The highest BCUT2D eigenvalue weighted by Gasteiger charge is 2.20. The van der Waals surface area contributed by atoms with Crippen LogP contribution in [0.1, 0.15) is 11.1 Å². The molecule has 10 rings (SSSR count). The molecule has 0 aliphatic rings. The van der Waals surface area contributed by atoms with Crippen molar-refractivity contribution in [1.29, 1.82) is 10.5 Å². The van der Waals surface area contributed by atoms with E-state index in [1.807, 2.05) is 42.5 Å². The van der Waals surface area contributed by atoms with Gasteiger partial charge in [0.2, 0.25) is 0 Å². The largest absolute Gasteiger partial charge is 0.309 e. The maximum Gasteiger partial charge on any atom is 0.0992 e. The maximum atomic E-state index is 9.87. The molecule has 0 N–H and O–H groups in total. The first-order chi connectivity index (χ1) is 26.7. The van der Waals surface area contributed by atoms with E-state index in [0.29, 0.717) is 11.1 Å². The van der Waals surface area contributed by atoms with Crippen LogP contribution in [0, 0.1) is 22.7 Å². The van der Waals surface area contributed by atoms with E-state index in [1.54, 1.807) is 0 Å². The Morgan fingerprint density at radius 3 is 1.65 bits per heavy atom. The summed E-state index contributed by atoms with van der Waals surface area (Å²) in [6.07, 6.45) is 0. The van der Waals surface area contributed by atoms with Crippen LogP contribution in [-0.2, 0) is 0 Å². The van der Waals surface area contributed by atoms with Gasteiger partial charge in [-0.25, -0.2) is 0 Å². The summed E-state index contributed by atoms with van der Waals surface area (Å²) in [4.78, 5) is 0. The molecule has 0 bridgehead atoms. The van der Waals surface area contributed by atoms with E-state index in [0.717, 1.165) is 61.0 Å². The highest BCUT2D eigenvalue weighted by atomic mass is 15.0. The lowest BCUT2D eigenvalue weighted by Crippen LogP contribution is -1.96. The molecule has 10 aromatic rings. The lowest BCUT2D eigenvalue weighted by atomic mass is 9.88. The van der Waals surface area contributed by atoms with Crippen LogP contribution in [0.4, 0.5) is 0 Å². The number of benzene rings is 8. The maximum absolute atomic E-state index is 9.87. The molecular weight excluding hydrogens is 657 g/mol. The van der Waals surface area contributed by atoms with Crippen LogP contribution < -0.4 is 0 Å². The van der Waals surface area contributed by atoms with Gasteiger partial charge in [-0.05, 0) is 94.5 Å². The first kappa shape index (κ1) is 31.1. The number of hydrogen-bond donors (Lipinski definition) is 0. The number of hydrogen-bond acceptors (Lipinski definition) is 2. The lowest BCUT2D eigenvalue weighted by molar-refractivity contribution is 1.18. The fraction of sp³-hybridized carbons (Fsp3) is 0. The first-order valence-corrected chi connectivity index (χ1v) is 18.0. The van der Waals surface area contributed by atoms with Crippen molar-refractivity contribution in [3.05, 3.63) is 193 Å². The normalized spacial score (nSPS) is 11.3. The summed E-state index contributed by atoms with van der Waals surface area (Å²) in [6.45, 7) is 0. The van der Waals surface area contributed by atoms with E-state index in [4.69, 9.17) is 0 Å². The molecule has 2 aromatic heterocycles. The Morgan fingerprint density at radius 1 is 0.333 bits per heavy atom. The zero-order valence-corrected chi connectivity index (χ0v) is 29.1.